The van der Waals surface area contributed by atoms with Crippen LogP contribution in [0.4, 0.5) is 11.6 Å². The number of thioether (sulfide) groups is 1. The molecule has 0 fully saturated rings. The van der Waals surface area contributed by atoms with Gasteiger partial charge >= 0.3 is 0 Å². The fraction of sp³-hybridized carbons (Fsp3) is 0.258. The van der Waals surface area contributed by atoms with Gasteiger partial charge in [0.25, 0.3) is 5.91 Å². The number of ether oxygens (including phenoxy) is 2. The fourth-order valence-electron chi connectivity index (χ4n) is 4.58. The molecule has 8 nitrogen and oxygen atoms in total. The molecule has 0 saturated heterocycles. The van der Waals surface area contributed by atoms with Crippen LogP contribution in [-0.2, 0) is 11.4 Å². The molecule has 0 spiro atoms. The van der Waals surface area contributed by atoms with Crippen molar-refractivity contribution < 1.29 is 14.3 Å². The molecule has 11 heteroatoms. The van der Waals surface area contributed by atoms with Crippen LogP contribution in [0.1, 0.15) is 44.4 Å². The molecule has 0 saturated carbocycles. The second kappa shape index (κ2) is 13.5. The number of anilines is 2. The van der Waals surface area contributed by atoms with E-state index in [1.165, 1.54) is 0 Å². The van der Waals surface area contributed by atoms with Gasteiger partial charge in [-0.25, -0.2) is 4.68 Å². The average molecular weight is 625 g/mol. The Morgan fingerprint density at radius 3 is 2.57 bits per heavy atom. The van der Waals surface area contributed by atoms with Gasteiger partial charge in [0.2, 0.25) is 11.1 Å². The molecule has 4 aromatic rings. The Labute approximate surface area is 259 Å². The molecular weight excluding hydrogens is 593 g/mol. The third kappa shape index (κ3) is 6.69. The van der Waals surface area contributed by atoms with Crippen molar-refractivity contribution in [3.05, 3.63) is 99.2 Å². The largest absolute Gasteiger partial charge is 0.490 e. The molecule has 1 aliphatic rings. The van der Waals surface area contributed by atoms with Crippen molar-refractivity contribution in [2.75, 3.05) is 23.0 Å². The molecular formula is C31H31Cl2N5O3S. The van der Waals surface area contributed by atoms with Gasteiger partial charge in [0.1, 0.15) is 12.6 Å². The van der Waals surface area contributed by atoms with E-state index in [2.05, 4.69) is 17.6 Å². The van der Waals surface area contributed by atoms with Crippen molar-refractivity contribution in [3.63, 3.8) is 0 Å². The lowest BCUT2D eigenvalue weighted by Gasteiger charge is -2.29. The Kier molecular flexibility index (Phi) is 9.62. The second-order valence-corrected chi connectivity index (χ2v) is 11.5. The van der Waals surface area contributed by atoms with Crippen molar-refractivity contribution in [3.8, 4) is 11.5 Å². The highest BCUT2D eigenvalue weighted by Crippen LogP contribution is 2.40. The summed E-state index contributed by atoms with van der Waals surface area (Å²) < 4.78 is 13.9. The van der Waals surface area contributed by atoms with Gasteiger partial charge in [-0.2, -0.15) is 4.98 Å². The Balaban J connectivity index is 1.52. The third-order valence-electron chi connectivity index (χ3n) is 6.51. The number of halogens is 2. The van der Waals surface area contributed by atoms with E-state index in [4.69, 9.17) is 42.8 Å². The summed E-state index contributed by atoms with van der Waals surface area (Å²) in [5.74, 6) is 2.34. The number of fused-ring (bicyclic) bond motifs is 1. The number of allylic oxidation sites excluding steroid dienone is 1. The molecule has 42 heavy (non-hydrogen) atoms. The highest BCUT2D eigenvalue weighted by molar-refractivity contribution is 7.99. The van der Waals surface area contributed by atoms with Crippen LogP contribution in [0.5, 0.6) is 11.5 Å². The number of aromatic nitrogens is 3. The fourth-order valence-corrected chi connectivity index (χ4v) is 5.58. The smallest absolute Gasteiger partial charge is 0.255 e. The first-order valence-corrected chi connectivity index (χ1v) is 15.4. The predicted octanol–water partition coefficient (Wildman–Crippen LogP) is 7.99. The summed E-state index contributed by atoms with van der Waals surface area (Å²) in [5.41, 5.74) is 3.59. The van der Waals surface area contributed by atoms with E-state index in [0.717, 1.165) is 23.3 Å². The molecule has 0 aliphatic carbocycles. The number of benzene rings is 3. The number of rotatable bonds is 11. The van der Waals surface area contributed by atoms with E-state index in [1.54, 1.807) is 28.6 Å². The average Bonchev–Trinajstić information content (AvgIpc) is 3.39. The maximum absolute atomic E-state index is 13.8. The van der Waals surface area contributed by atoms with Crippen molar-refractivity contribution >= 4 is 52.5 Å². The molecule has 5 rings (SSSR count). The van der Waals surface area contributed by atoms with Crippen LogP contribution in [0.15, 0.2) is 83.2 Å². The van der Waals surface area contributed by atoms with E-state index in [0.29, 0.717) is 56.2 Å². The quantitative estimate of drug-likeness (QED) is 0.164. The van der Waals surface area contributed by atoms with E-state index >= 15 is 0 Å². The summed E-state index contributed by atoms with van der Waals surface area (Å²) in [7, 11) is 0. The molecule has 1 aliphatic heterocycles. The standard InChI is InChI=1S/C31H31Cl2N5O3S/c1-4-15-42-31-36-30-34-19(3)27(29(39)35-22-9-7-6-8-10-22)28(38(30)37-31)21-12-14-25(26(17-21)40-5-2)41-18-20-11-13-23(32)24(33)16-20/h6-14,16-17,28H,4-5,15,18H2,1-3H3,(H,35,39)(H,34,36,37). The van der Waals surface area contributed by atoms with E-state index in [9.17, 15) is 4.79 Å². The van der Waals surface area contributed by atoms with Crippen molar-refractivity contribution in [1.82, 2.24) is 14.8 Å². The summed E-state index contributed by atoms with van der Waals surface area (Å²) in [6.07, 6.45) is 0.995. The van der Waals surface area contributed by atoms with Crippen LogP contribution in [0.2, 0.25) is 10.0 Å². The first-order valence-electron chi connectivity index (χ1n) is 13.6. The van der Waals surface area contributed by atoms with Gasteiger partial charge in [0.05, 0.1) is 22.2 Å². The molecule has 1 unspecified atom stereocenters. The monoisotopic (exact) mass is 623 g/mol. The van der Waals surface area contributed by atoms with E-state index in [1.807, 2.05) is 68.4 Å². The van der Waals surface area contributed by atoms with E-state index in [-0.39, 0.29) is 12.5 Å². The summed E-state index contributed by atoms with van der Waals surface area (Å²) in [5, 5.41) is 12.7. The van der Waals surface area contributed by atoms with Gasteiger partial charge in [-0.05, 0) is 67.8 Å². The predicted molar refractivity (Wildman–Crippen MR) is 169 cm³/mol. The highest BCUT2D eigenvalue weighted by atomic mass is 35.5. The number of nitrogens with one attached hydrogen (secondary N) is 2. The zero-order valence-electron chi connectivity index (χ0n) is 23.5. The van der Waals surface area contributed by atoms with Crippen LogP contribution in [0.3, 0.4) is 0 Å². The molecule has 2 N–H and O–H groups in total. The number of carbonyl (C=O) groups excluding carboxylic acids is 1. The van der Waals surface area contributed by atoms with Crippen molar-refractivity contribution in [1.29, 1.82) is 0 Å². The van der Waals surface area contributed by atoms with Gasteiger partial charge in [0.15, 0.2) is 11.5 Å². The Morgan fingerprint density at radius 1 is 1.02 bits per heavy atom. The zero-order valence-corrected chi connectivity index (χ0v) is 25.8. The maximum atomic E-state index is 13.8. The minimum absolute atomic E-state index is 0.238. The summed E-state index contributed by atoms with van der Waals surface area (Å²) in [6.45, 7) is 6.61. The highest BCUT2D eigenvalue weighted by Gasteiger charge is 2.35. The number of hydrogen-bond acceptors (Lipinski definition) is 7. The minimum atomic E-state index is -0.559. The Morgan fingerprint density at radius 2 is 1.83 bits per heavy atom. The molecule has 0 radical (unpaired) electrons. The molecule has 2 heterocycles. The maximum Gasteiger partial charge on any atom is 0.255 e. The lowest BCUT2D eigenvalue weighted by Crippen LogP contribution is -2.31. The van der Waals surface area contributed by atoms with Gasteiger partial charge in [-0.15, -0.1) is 5.10 Å². The number of nitrogens with zero attached hydrogens (tertiary/aromatic N) is 3. The van der Waals surface area contributed by atoms with Gasteiger partial charge in [0, 0.05) is 17.1 Å². The lowest BCUT2D eigenvalue weighted by atomic mass is 9.94. The molecule has 3 aromatic carbocycles. The van der Waals surface area contributed by atoms with Crippen LogP contribution in [-0.4, -0.2) is 33.0 Å². The van der Waals surface area contributed by atoms with Crippen LogP contribution in [0, 0.1) is 0 Å². The van der Waals surface area contributed by atoms with E-state index < -0.39 is 6.04 Å². The van der Waals surface area contributed by atoms with Crippen LogP contribution >= 0.6 is 35.0 Å². The minimum Gasteiger partial charge on any atom is -0.490 e. The van der Waals surface area contributed by atoms with Crippen molar-refractivity contribution in [2.24, 2.45) is 0 Å². The Bertz CT molecular complexity index is 1610. The zero-order chi connectivity index (χ0) is 29.6. The van der Waals surface area contributed by atoms with Gasteiger partial charge in [-0.3, -0.25) is 4.79 Å². The van der Waals surface area contributed by atoms with Gasteiger partial charge < -0.3 is 20.1 Å². The number of amides is 1. The molecule has 1 aromatic heterocycles. The van der Waals surface area contributed by atoms with Crippen molar-refractivity contribution in [2.45, 2.75) is 45.0 Å². The first-order chi connectivity index (χ1) is 20.4. The second-order valence-electron chi connectivity index (χ2n) is 9.57. The summed E-state index contributed by atoms with van der Waals surface area (Å²) >= 11 is 13.8. The topological polar surface area (TPSA) is 90.3 Å². The molecule has 1 atom stereocenters. The molecule has 218 valence electrons. The van der Waals surface area contributed by atoms with Crippen LogP contribution < -0.4 is 20.1 Å². The van der Waals surface area contributed by atoms with Crippen LogP contribution in [0.25, 0.3) is 0 Å². The number of hydrogen-bond donors (Lipinski definition) is 2. The Hall–Kier alpha value is -3.66. The van der Waals surface area contributed by atoms with Gasteiger partial charge in [-0.1, -0.05) is 72.2 Å². The summed E-state index contributed by atoms with van der Waals surface area (Å²) in [4.78, 5) is 18.5. The first kappa shape index (κ1) is 29.8. The molecule has 1 amide bonds. The SMILES string of the molecule is CCCSc1nc2n(n1)C(c1ccc(OCc3ccc(Cl)c(Cl)c3)c(OCC)c1)C(C(=O)Nc1ccccc1)=C(C)N2. The normalized spacial score (nSPS) is 14.3. The lowest BCUT2D eigenvalue weighted by molar-refractivity contribution is -0.113. The number of carbonyl (C=O) groups is 1. The number of para-hydroxylation sites is 1. The molecule has 0 bridgehead atoms. The summed E-state index contributed by atoms with van der Waals surface area (Å²) in [6, 6.07) is 19.9. The third-order valence-corrected chi connectivity index (χ3v) is 8.29.